The number of hydrogen-bond acceptors (Lipinski definition) is 1. The van der Waals surface area contributed by atoms with E-state index in [2.05, 4.69) is 0 Å². The fourth-order valence-corrected chi connectivity index (χ4v) is 2.62. The molecule has 0 bridgehead atoms. The lowest BCUT2D eigenvalue weighted by molar-refractivity contribution is -0.116. The van der Waals surface area contributed by atoms with Crippen LogP contribution >= 0.6 is 11.6 Å². The third kappa shape index (κ3) is 1.70. The molecule has 0 aliphatic carbocycles. The van der Waals surface area contributed by atoms with Crippen LogP contribution in [0.25, 0.3) is 0 Å². The largest absolute Gasteiger partial charge is 0.280 e. The van der Waals surface area contributed by atoms with Gasteiger partial charge in [-0.2, -0.15) is 0 Å². The molecule has 1 aliphatic heterocycles. The molecule has 2 aromatic rings. The van der Waals surface area contributed by atoms with Crippen molar-refractivity contribution in [2.75, 3.05) is 4.90 Å². The second-order valence-corrected chi connectivity index (χ2v) is 4.90. The first-order chi connectivity index (χ1) is 8.66. The molecule has 1 heterocycles. The van der Waals surface area contributed by atoms with Crippen LogP contribution in [-0.4, -0.2) is 5.91 Å². The summed E-state index contributed by atoms with van der Waals surface area (Å²) in [6.45, 7) is 1.97. The van der Waals surface area contributed by atoms with E-state index in [1.807, 2.05) is 49.4 Å². The summed E-state index contributed by atoms with van der Waals surface area (Å²) in [6, 6.07) is 13.5. The number of halogens is 1. The van der Waals surface area contributed by atoms with Gasteiger partial charge in [0.2, 0.25) is 5.91 Å². The van der Waals surface area contributed by atoms with Crippen molar-refractivity contribution in [3.8, 4) is 0 Å². The van der Waals surface area contributed by atoms with E-state index in [9.17, 15) is 4.79 Å². The Morgan fingerprint density at radius 1 is 1.11 bits per heavy atom. The fourth-order valence-electron chi connectivity index (χ4n) is 2.39. The first-order valence-corrected chi connectivity index (χ1v) is 6.21. The maximum absolute atomic E-state index is 12.2. The number of aryl methyl sites for hydroxylation is 1. The van der Waals surface area contributed by atoms with Crippen LogP contribution < -0.4 is 4.90 Å². The second kappa shape index (κ2) is 4.14. The van der Waals surface area contributed by atoms with Crippen LogP contribution in [-0.2, 0) is 11.2 Å². The molecule has 0 saturated carbocycles. The number of fused-ring (bicyclic) bond motifs is 1. The van der Waals surface area contributed by atoms with Gasteiger partial charge in [0.25, 0.3) is 0 Å². The molecular formula is C15H12ClNO. The molecule has 0 saturated heterocycles. The molecule has 0 aromatic heterocycles. The van der Waals surface area contributed by atoms with Crippen LogP contribution in [0.4, 0.5) is 11.4 Å². The van der Waals surface area contributed by atoms with Crippen LogP contribution in [0.2, 0.25) is 5.02 Å². The number of nitrogens with zero attached hydrogens (tertiary/aromatic N) is 1. The molecule has 3 heteroatoms. The number of hydrogen-bond donors (Lipinski definition) is 0. The van der Waals surface area contributed by atoms with E-state index in [-0.39, 0.29) is 5.91 Å². The predicted octanol–water partition coefficient (Wildman–Crippen LogP) is 3.87. The van der Waals surface area contributed by atoms with Crippen LogP contribution in [0.3, 0.4) is 0 Å². The van der Waals surface area contributed by atoms with Gasteiger partial charge >= 0.3 is 0 Å². The average Bonchev–Trinajstić information content (AvgIpc) is 2.66. The monoisotopic (exact) mass is 257 g/mol. The predicted molar refractivity (Wildman–Crippen MR) is 73.5 cm³/mol. The molecule has 2 nitrogen and oxygen atoms in total. The third-order valence-electron chi connectivity index (χ3n) is 3.22. The molecule has 0 radical (unpaired) electrons. The minimum atomic E-state index is 0.113. The van der Waals surface area contributed by atoms with Gasteiger partial charge in [0, 0.05) is 5.02 Å². The first kappa shape index (κ1) is 11.3. The van der Waals surface area contributed by atoms with Crippen molar-refractivity contribution < 1.29 is 4.79 Å². The van der Waals surface area contributed by atoms with Gasteiger partial charge in [0.05, 0.1) is 17.8 Å². The molecule has 3 rings (SSSR count). The number of para-hydroxylation sites is 1. The summed E-state index contributed by atoms with van der Waals surface area (Å²) in [6.07, 6.45) is 0.470. The lowest BCUT2D eigenvalue weighted by atomic mass is 10.1. The highest BCUT2D eigenvalue weighted by atomic mass is 35.5. The molecule has 0 spiro atoms. The van der Waals surface area contributed by atoms with Crippen molar-refractivity contribution in [1.82, 2.24) is 0 Å². The zero-order chi connectivity index (χ0) is 12.7. The van der Waals surface area contributed by atoms with Gasteiger partial charge in [-0.15, -0.1) is 0 Å². The molecule has 1 aliphatic rings. The Morgan fingerprint density at radius 2 is 1.89 bits per heavy atom. The van der Waals surface area contributed by atoms with Crippen molar-refractivity contribution >= 4 is 28.9 Å². The maximum atomic E-state index is 12.2. The summed E-state index contributed by atoms with van der Waals surface area (Å²) in [5.74, 6) is 0.113. The molecule has 18 heavy (non-hydrogen) atoms. The SMILES string of the molecule is Cc1cc(Cl)ccc1N1C(=O)Cc2ccccc21. The van der Waals surface area contributed by atoms with E-state index < -0.39 is 0 Å². The van der Waals surface area contributed by atoms with Gasteiger partial charge in [-0.1, -0.05) is 29.8 Å². The lowest BCUT2D eigenvalue weighted by Crippen LogP contribution is -2.21. The third-order valence-corrected chi connectivity index (χ3v) is 3.46. The normalized spacial score (nSPS) is 13.9. The summed E-state index contributed by atoms with van der Waals surface area (Å²) in [7, 11) is 0. The summed E-state index contributed by atoms with van der Waals surface area (Å²) >= 11 is 5.96. The number of benzene rings is 2. The minimum Gasteiger partial charge on any atom is -0.280 e. The van der Waals surface area contributed by atoms with E-state index in [1.54, 1.807) is 4.90 Å². The zero-order valence-electron chi connectivity index (χ0n) is 9.98. The smallest absolute Gasteiger partial charge is 0.236 e. The molecule has 0 fully saturated rings. The van der Waals surface area contributed by atoms with Crippen molar-refractivity contribution in [1.29, 1.82) is 0 Å². The van der Waals surface area contributed by atoms with Crippen molar-refractivity contribution in [3.63, 3.8) is 0 Å². The molecule has 2 aromatic carbocycles. The average molecular weight is 258 g/mol. The highest BCUT2D eigenvalue weighted by Gasteiger charge is 2.28. The minimum absolute atomic E-state index is 0.113. The maximum Gasteiger partial charge on any atom is 0.236 e. The Balaban J connectivity index is 2.15. The summed E-state index contributed by atoms with van der Waals surface area (Å²) < 4.78 is 0. The highest BCUT2D eigenvalue weighted by molar-refractivity contribution is 6.30. The van der Waals surface area contributed by atoms with Crippen molar-refractivity contribution in [2.24, 2.45) is 0 Å². The summed E-state index contributed by atoms with van der Waals surface area (Å²) in [5.41, 5.74) is 3.98. The Bertz CT molecular complexity index is 636. The fraction of sp³-hybridized carbons (Fsp3) is 0.133. The highest BCUT2D eigenvalue weighted by Crippen LogP contribution is 2.37. The second-order valence-electron chi connectivity index (χ2n) is 4.47. The number of carbonyl (C=O) groups is 1. The molecule has 0 unspecified atom stereocenters. The Morgan fingerprint density at radius 3 is 2.67 bits per heavy atom. The van der Waals surface area contributed by atoms with E-state index in [1.165, 1.54) is 0 Å². The molecule has 90 valence electrons. The Labute approximate surface area is 111 Å². The molecule has 1 amide bonds. The summed E-state index contributed by atoms with van der Waals surface area (Å²) in [5, 5.41) is 0.691. The number of carbonyl (C=O) groups excluding carboxylic acids is 1. The van der Waals surface area contributed by atoms with Crippen molar-refractivity contribution in [3.05, 3.63) is 58.6 Å². The van der Waals surface area contributed by atoms with Crippen LogP contribution in [0.5, 0.6) is 0 Å². The molecule has 0 atom stereocenters. The number of amides is 1. The number of rotatable bonds is 1. The van der Waals surface area contributed by atoms with E-state index >= 15 is 0 Å². The van der Waals surface area contributed by atoms with Gasteiger partial charge < -0.3 is 0 Å². The van der Waals surface area contributed by atoms with Gasteiger partial charge in [0.1, 0.15) is 0 Å². The first-order valence-electron chi connectivity index (χ1n) is 5.84. The topological polar surface area (TPSA) is 20.3 Å². The van der Waals surface area contributed by atoms with Gasteiger partial charge in [-0.25, -0.2) is 0 Å². The summed E-state index contributed by atoms with van der Waals surface area (Å²) in [4.78, 5) is 13.9. The molecule has 0 N–H and O–H groups in total. The molecular weight excluding hydrogens is 246 g/mol. The van der Waals surface area contributed by atoms with E-state index in [0.29, 0.717) is 11.4 Å². The van der Waals surface area contributed by atoms with E-state index in [0.717, 1.165) is 22.5 Å². The number of anilines is 2. The van der Waals surface area contributed by atoms with Crippen molar-refractivity contribution in [2.45, 2.75) is 13.3 Å². The van der Waals surface area contributed by atoms with Crippen LogP contribution in [0.15, 0.2) is 42.5 Å². The Kier molecular flexibility index (Phi) is 2.60. The zero-order valence-corrected chi connectivity index (χ0v) is 10.7. The quantitative estimate of drug-likeness (QED) is 0.759. The lowest BCUT2D eigenvalue weighted by Gasteiger charge is -2.20. The van der Waals surface area contributed by atoms with Gasteiger partial charge in [0.15, 0.2) is 0 Å². The van der Waals surface area contributed by atoms with Crippen LogP contribution in [0.1, 0.15) is 11.1 Å². The van der Waals surface area contributed by atoms with Crippen LogP contribution in [0, 0.1) is 6.92 Å². The Hall–Kier alpha value is -1.80. The van der Waals surface area contributed by atoms with Gasteiger partial charge in [-0.3, -0.25) is 9.69 Å². The van der Waals surface area contributed by atoms with E-state index in [4.69, 9.17) is 11.6 Å². The standard InChI is InChI=1S/C15H12ClNO/c1-10-8-12(16)6-7-13(10)17-14-5-3-2-4-11(14)9-15(17)18/h2-8H,9H2,1H3. The van der Waals surface area contributed by atoms with Gasteiger partial charge in [-0.05, 0) is 42.3 Å².